The summed E-state index contributed by atoms with van der Waals surface area (Å²) in [5.41, 5.74) is 4.31. The van der Waals surface area contributed by atoms with Crippen LogP contribution < -0.4 is 5.32 Å². The number of nitrogens with zero attached hydrogens (tertiary/aromatic N) is 2. The van der Waals surface area contributed by atoms with E-state index in [4.69, 9.17) is 0 Å². The van der Waals surface area contributed by atoms with E-state index in [0.717, 1.165) is 17.7 Å². The third-order valence-corrected chi connectivity index (χ3v) is 6.53. The van der Waals surface area contributed by atoms with E-state index in [0.29, 0.717) is 37.5 Å². The minimum atomic E-state index is -0.0788. The number of aryl methyl sites for hydroxylation is 2. The summed E-state index contributed by atoms with van der Waals surface area (Å²) in [6, 6.07) is 18.3. The number of aromatic nitrogens is 1. The monoisotopic (exact) mass is 433 g/mol. The second-order valence-corrected chi connectivity index (χ2v) is 8.89. The quantitative estimate of drug-likeness (QED) is 0.600. The van der Waals surface area contributed by atoms with Crippen LogP contribution in [0, 0.1) is 12.8 Å². The first-order valence-corrected chi connectivity index (χ1v) is 11.6. The molecule has 0 saturated carbocycles. The molecule has 1 aliphatic heterocycles. The molecular weight excluding hydrogens is 406 g/mol. The van der Waals surface area contributed by atoms with E-state index in [1.54, 1.807) is 0 Å². The van der Waals surface area contributed by atoms with E-state index in [9.17, 15) is 9.59 Å². The van der Waals surface area contributed by atoms with Gasteiger partial charge in [-0.05, 0) is 31.7 Å². The summed E-state index contributed by atoms with van der Waals surface area (Å²) in [7, 11) is 0. The average molecular weight is 434 g/mol. The van der Waals surface area contributed by atoms with Gasteiger partial charge in [0.05, 0.1) is 5.69 Å². The summed E-state index contributed by atoms with van der Waals surface area (Å²) in [6.07, 6.45) is 2.66. The normalized spacial score (nSPS) is 14.4. The van der Waals surface area contributed by atoms with Gasteiger partial charge in [-0.15, -0.1) is 11.3 Å². The number of nitrogens with one attached hydrogen (secondary N) is 1. The zero-order chi connectivity index (χ0) is 21.6. The summed E-state index contributed by atoms with van der Waals surface area (Å²) >= 11 is 1.44. The number of anilines is 1. The van der Waals surface area contributed by atoms with E-state index in [1.165, 1.54) is 22.5 Å². The molecule has 2 heterocycles. The van der Waals surface area contributed by atoms with E-state index in [2.05, 4.69) is 29.4 Å². The summed E-state index contributed by atoms with van der Waals surface area (Å²) in [6.45, 7) is 3.33. The van der Waals surface area contributed by atoms with E-state index in [-0.39, 0.29) is 17.7 Å². The van der Waals surface area contributed by atoms with Crippen molar-refractivity contribution in [3.05, 3.63) is 71.1 Å². The molecule has 31 heavy (non-hydrogen) atoms. The highest BCUT2D eigenvalue weighted by Gasteiger charge is 2.27. The summed E-state index contributed by atoms with van der Waals surface area (Å²) in [5.74, 6) is 0.0939. The van der Waals surface area contributed by atoms with Gasteiger partial charge in [-0.3, -0.25) is 9.59 Å². The number of hydrogen-bond donors (Lipinski definition) is 1. The van der Waals surface area contributed by atoms with Gasteiger partial charge >= 0.3 is 0 Å². The second-order valence-electron chi connectivity index (χ2n) is 8.03. The third kappa shape index (κ3) is 5.58. The Morgan fingerprint density at radius 3 is 2.48 bits per heavy atom. The molecule has 0 aliphatic carbocycles. The summed E-state index contributed by atoms with van der Waals surface area (Å²) in [4.78, 5) is 31.7. The van der Waals surface area contributed by atoms with Crippen molar-refractivity contribution >= 4 is 28.3 Å². The van der Waals surface area contributed by atoms with Crippen LogP contribution in [-0.2, 0) is 16.0 Å². The average Bonchev–Trinajstić information content (AvgIpc) is 3.27. The molecule has 2 amide bonds. The van der Waals surface area contributed by atoms with Crippen molar-refractivity contribution in [3.63, 3.8) is 0 Å². The van der Waals surface area contributed by atoms with E-state index < -0.39 is 0 Å². The largest absolute Gasteiger partial charge is 0.343 e. The molecule has 0 bridgehead atoms. The lowest BCUT2D eigenvalue weighted by Crippen LogP contribution is -2.41. The Kier molecular flexibility index (Phi) is 6.77. The van der Waals surface area contributed by atoms with Crippen LogP contribution in [0.3, 0.4) is 0 Å². The molecule has 3 aromatic rings. The van der Waals surface area contributed by atoms with Crippen LogP contribution in [0.15, 0.2) is 60.0 Å². The number of hydrogen-bond acceptors (Lipinski definition) is 4. The Labute approximate surface area is 187 Å². The first kappa shape index (κ1) is 21.2. The topological polar surface area (TPSA) is 62.3 Å². The molecule has 1 N–H and O–H groups in total. The molecule has 0 spiro atoms. The molecule has 160 valence electrons. The molecule has 4 rings (SSSR count). The van der Waals surface area contributed by atoms with Crippen LogP contribution in [0.2, 0.25) is 0 Å². The molecule has 1 saturated heterocycles. The SMILES string of the molecule is Cc1ccc(-c2csc(NC(=O)C3CCN(C(=O)CCc4ccccc4)CC3)n2)cc1. The van der Waals surface area contributed by atoms with Crippen LogP contribution in [0.4, 0.5) is 5.13 Å². The molecule has 1 aromatic heterocycles. The van der Waals surface area contributed by atoms with Gasteiger partial charge in [0.2, 0.25) is 11.8 Å². The lowest BCUT2D eigenvalue weighted by atomic mass is 9.95. The maximum absolute atomic E-state index is 12.7. The first-order chi connectivity index (χ1) is 15.1. The Hall–Kier alpha value is -2.99. The standard InChI is InChI=1S/C25H27N3O2S/c1-18-7-10-20(11-8-18)22-17-31-25(26-22)27-24(30)21-13-15-28(16-14-21)23(29)12-9-19-5-3-2-4-6-19/h2-8,10-11,17,21H,9,12-16H2,1H3,(H,26,27,30). The van der Waals surface area contributed by atoms with Gasteiger partial charge in [0.1, 0.15) is 0 Å². The van der Waals surface area contributed by atoms with Crippen molar-refractivity contribution in [1.29, 1.82) is 0 Å². The molecule has 1 fully saturated rings. The molecule has 1 aliphatic rings. The van der Waals surface area contributed by atoms with Gasteiger partial charge < -0.3 is 10.2 Å². The Morgan fingerprint density at radius 1 is 1.06 bits per heavy atom. The maximum atomic E-state index is 12.7. The zero-order valence-electron chi connectivity index (χ0n) is 17.7. The highest BCUT2D eigenvalue weighted by molar-refractivity contribution is 7.14. The fourth-order valence-corrected chi connectivity index (χ4v) is 4.56. The predicted molar refractivity (Wildman–Crippen MR) is 125 cm³/mol. The molecule has 0 atom stereocenters. The third-order valence-electron chi connectivity index (χ3n) is 5.77. The number of carbonyl (C=O) groups is 2. The van der Waals surface area contributed by atoms with Gasteiger partial charge in [0.15, 0.2) is 5.13 Å². The van der Waals surface area contributed by atoms with Crippen molar-refractivity contribution in [1.82, 2.24) is 9.88 Å². The molecule has 0 unspecified atom stereocenters. The van der Waals surface area contributed by atoms with Crippen molar-refractivity contribution in [2.24, 2.45) is 5.92 Å². The molecular formula is C25H27N3O2S. The lowest BCUT2D eigenvalue weighted by Gasteiger charge is -2.31. The van der Waals surface area contributed by atoms with Crippen LogP contribution in [0.1, 0.15) is 30.4 Å². The molecule has 5 nitrogen and oxygen atoms in total. The maximum Gasteiger partial charge on any atom is 0.229 e. The predicted octanol–water partition coefficient (Wildman–Crippen LogP) is 4.93. The van der Waals surface area contributed by atoms with E-state index >= 15 is 0 Å². The van der Waals surface area contributed by atoms with Gasteiger partial charge in [0, 0.05) is 36.4 Å². The number of benzene rings is 2. The van der Waals surface area contributed by atoms with Crippen LogP contribution >= 0.6 is 11.3 Å². The highest BCUT2D eigenvalue weighted by atomic mass is 32.1. The van der Waals surface area contributed by atoms with Crippen LogP contribution in [-0.4, -0.2) is 34.8 Å². The second kappa shape index (κ2) is 9.88. The zero-order valence-corrected chi connectivity index (χ0v) is 18.5. The van der Waals surface area contributed by atoms with Crippen molar-refractivity contribution in [2.45, 2.75) is 32.6 Å². The van der Waals surface area contributed by atoms with Gasteiger partial charge in [-0.25, -0.2) is 4.98 Å². The van der Waals surface area contributed by atoms with Gasteiger partial charge in [0.25, 0.3) is 0 Å². The van der Waals surface area contributed by atoms with Gasteiger partial charge in [-0.1, -0.05) is 60.2 Å². The number of piperidine rings is 1. The summed E-state index contributed by atoms with van der Waals surface area (Å²) in [5, 5.41) is 5.56. The Bertz CT molecular complexity index is 1020. The Balaban J connectivity index is 1.25. The minimum absolute atomic E-state index is 0.00110. The van der Waals surface area contributed by atoms with Gasteiger partial charge in [-0.2, -0.15) is 0 Å². The summed E-state index contributed by atoms with van der Waals surface area (Å²) < 4.78 is 0. The van der Waals surface area contributed by atoms with Crippen LogP contribution in [0.5, 0.6) is 0 Å². The first-order valence-electron chi connectivity index (χ1n) is 10.7. The van der Waals surface area contributed by atoms with E-state index in [1.807, 2.05) is 52.7 Å². The minimum Gasteiger partial charge on any atom is -0.343 e. The fraction of sp³-hybridized carbons (Fsp3) is 0.320. The smallest absolute Gasteiger partial charge is 0.229 e. The van der Waals surface area contributed by atoms with Crippen molar-refractivity contribution in [3.8, 4) is 11.3 Å². The number of amides is 2. The highest BCUT2D eigenvalue weighted by Crippen LogP contribution is 2.27. The van der Waals surface area contributed by atoms with Crippen molar-refractivity contribution in [2.75, 3.05) is 18.4 Å². The fourth-order valence-electron chi connectivity index (χ4n) is 3.84. The van der Waals surface area contributed by atoms with Crippen LogP contribution in [0.25, 0.3) is 11.3 Å². The number of likely N-dealkylation sites (tertiary alicyclic amines) is 1. The number of rotatable bonds is 6. The van der Waals surface area contributed by atoms with Crippen molar-refractivity contribution < 1.29 is 9.59 Å². The number of thiazole rings is 1. The Morgan fingerprint density at radius 2 is 1.77 bits per heavy atom. The lowest BCUT2D eigenvalue weighted by molar-refractivity contribution is -0.134. The molecule has 6 heteroatoms. The molecule has 0 radical (unpaired) electrons. The number of carbonyl (C=O) groups excluding carboxylic acids is 2. The molecule has 2 aromatic carbocycles.